The molecule has 0 unspecified atom stereocenters. The van der Waals surface area contributed by atoms with E-state index in [4.69, 9.17) is 0 Å². The lowest BCUT2D eigenvalue weighted by Crippen LogP contribution is -1.88. The third kappa shape index (κ3) is 3.65. The topological polar surface area (TPSA) is 34.1 Å². The van der Waals surface area contributed by atoms with Crippen LogP contribution in [0.3, 0.4) is 0 Å². The summed E-state index contributed by atoms with van der Waals surface area (Å²) >= 11 is 0. The SMILES string of the molecule is O=C=Cc1ccc(Cc2ccc(C=C=O)cc2)cc1. The number of benzene rings is 2. The van der Waals surface area contributed by atoms with E-state index in [1.807, 2.05) is 48.5 Å². The summed E-state index contributed by atoms with van der Waals surface area (Å²) in [5.74, 6) is 3.52. The number of hydrogen-bond donors (Lipinski definition) is 0. The summed E-state index contributed by atoms with van der Waals surface area (Å²) in [6.07, 6.45) is 3.63. The minimum absolute atomic E-state index is 0.816. The molecular formula is C17H12O2. The van der Waals surface area contributed by atoms with Crippen LogP contribution < -0.4 is 0 Å². The van der Waals surface area contributed by atoms with E-state index in [1.165, 1.54) is 23.3 Å². The van der Waals surface area contributed by atoms with Gasteiger partial charge in [-0.05, 0) is 28.7 Å². The Morgan fingerprint density at radius 2 is 1.05 bits per heavy atom. The van der Waals surface area contributed by atoms with Crippen molar-refractivity contribution in [2.75, 3.05) is 0 Å². The lowest BCUT2D eigenvalue weighted by molar-refractivity contribution is 0.569. The van der Waals surface area contributed by atoms with Crippen LogP contribution in [0.15, 0.2) is 48.5 Å². The molecule has 0 aromatic heterocycles. The Balaban J connectivity index is 2.11. The molecule has 2 rings (SSSR count). The molecule has 0 N–H and O–H groups in total. The third-order valence-corrected chi connectivity index (χ3v) is 2.82. The van der Waals surface area contributed by atoms with Crippen LogP contribution in [0.5, 0.6) is 0 Å². The first-order valence-electron chi connectivity index (χ1n) is 5.91. The van der Waals surface area contributed by atoms with Gasteiger partial charge in [0.05, 0.1) is 0 Å². The minimum atomic E-state index is 0.816. The smallest absolute Gasteiger partial charge is 0.125 e. The molecule has 0 radical (unpaired) electrons. The monoisotopic (exact) mass is 248 g/mol. The molecule has 2 nitrogen and oxygen atoms in total. The fraction of sp³-hybridized carbons (Fsp3) is 0.0588. The van der Waals surface area contributed by atoms with Gasteiger partial charge in [-0.2, -0.15) is 0 Å². The maximum Gasteiger partial charge on any atom is 0.125 e. The van der Waals surface area contributed by atoms with Gasteiger partial charge in [-0.1, -0.05) is 48.5 Å². The molecule has 0 atom stereocenters. The van der Waals surface area contributed by atoms with Gasteiger partial charge in [0, 0.05) is 12.2 Å². The molecule has 0 aliphatic heterocycles. The van der Waals surface area contributed by atoms with Gasteiger partial charge < -0.3 is 0 Å². The molecule has 0 aliphatic rings. The predicted octanol–water partition coefficient (Wildman–Crippen LogP) is 2.97. The van der Waals surface area contributed by atoms with Crippen LogP contribution in [0.1, 0.15) is 22.3 Å². The van der Waals surface area contributed by atoms with Gasteiger partial charge in [0.1, 0.15) is 11.9 Å². The lowest BCUT2D eigenvalue weighted by atomic mass is 10.0. The second-order valence-electron chi connectivity index (χ2n) is 4.18. The molecule has 0 heterocycles. The van der Waals surface area contributed by atoms with Gasteiger partial charge in [0.25, 0.3) is 0 Å². The molecule has 0 amide bonds. The maximum absolute atomic E-state index is 10.2. The predicted molar refractivity (Wildman–Crippen MR) is 76.0 cm³/mol. The van der Waals surface area contributed by atoms with Crippen molar-refractivity contribution in [1.82, 2.24) is 0 Å². The highest BCUT2D eigenvalue weighted by Crippen LogP contribution is 2.12. The quantitative estimate of drug-likeness (QED) is 0.779. The van der Waals surface area contributed by atoms with Crippen molar-refractivity contribution in [1.29, 1.82) is 0 Å². The first-order valence-corrected chi connectivity index (χ1v) is 5.91. The highest BCUT2D eigenvalue weighted by atomic mass is 16.1. The van der Waals surface area contributed by atoms with Crippen LogP contribution in [0.4, 0.5) is 0 Å². The summed E-state index contributed by atoms with van der Waals surface area (Å²) in [7, 11) is 0. The Hall–Kier alpha value is -2.66. The van der Waals surface area contributed by atoms with E-state index in [0.29, 0.717) is 0 Å². The minimum Gasteiger partial charge on any atom is -0.233 e. The zero-order valence-electron chi connectivity index (χ0n) is 10.3. The standard InChI is InChI=1S/C17H12O2/c18-11-9-14-1-5-16(6-2-14)13-17-7-3-15(4-8-17)10-12-19/h1-10H,13H2. The van der Waals surface area contributed by atoms with E-state index in [-0.39, 0.29) is 0 Å². The Morgan fingerprint density at radius 1 is 0.684 bits per heavy atom. The fourth-order valence-corrected chi connectivity index (χ4v) is 1.84. The van der Waals surface area contributed by atoms with Crippen molar-refractivity contribution in [2.24, 2.45) is 0 Å². The first kappa shape index (κ1) is 12.8. The van der Waals surface area contributed by atoms with Gasteiger partial charge >= 0.3 is 0 Å². The molecular weight excluding hydrogens is 236 g/mol. The molecule has 2 heteroatoms. The molecule has 19 heavy (non-hydrogen) atoms. The van der Waals surface area contributed by atoms with E-state index < -0.39 is 0 Å². The molecule has 92 valence electrons. The van der Waals surface area contributed by atoms with Gasteiger partial charge in [-0.25, -0.2) is 9.59 Å². The Kier molecular flexibility index (Phi) is 4.25. The average molecular weight is 248 g/mol. The van der Waals surface area contributed by atoms with E-state index in [9.17, 15) is 9.59 Å². The third-order valence-electron chi connectivity index (χ3n) is 2.82. The van der Waals surface area contributed by atoms with E-state index in [1.54, 1.807) is 11.9 Å². The highest BCUT2D eigenvalue weighted by molar-refractivity contribution is 5.75. The molecule has 0 saturated carbocycles. The summed E-state index contributed by atoms with van der Waals surface area (Å²) in [5.41, 5.74) is 4.04. The van der Waals surface area contributed by atoms with Gasteiger partial charge in [0.2, 0.25) is 0 Å². The Morgan fingerprint density at radius 3 is 1.37 bits per heavy atom. The second kappa shape index (κ2) is 6.32. The van der Waals surface area contributed by atoms with Crippen molar-refractivity contribution in [3.05, 3.63) is 70.8 Å². The number of rotatable bonds is 4. The molecule has 0 bridgehead atoms. The maximum atomic E-state index is 10.2. The highest BCUT2D eigenvalue weighted by Gasteiger charge is 1.97. The normalized spacial score (nSPS) is 9.26. The fourth-order valence-electron chi connectivity index (χ4n) is 1.84. The summed E-state index contributed by atoms with van der Waals surface area (Å²) < 4.78 is 0. The zero-order valence-corrected chi connectivity index (χ0v) is 10.3. The number of hydrogen-bond acceptors (Lipinski definition) is 2. The van der Waals surface area contributed by atoms with Crippen molar-refractivity contribution in [3.63, 3.8) is 0 Å². The van der Waals surface area contributed by atoms with Crippen molar-refractivity contribution in [2.45, 2.75) is 6.42 Å². The van der Waals surface area contributed by atoms with Gasteiger partial charge in [-0.3, -0.25) is 0 Å². The molecule has 0 fully saturated rings. The number of carbonyl (C=O) groups excluding carboxylic acids is 2. The summed E-state index contributed by atoms with van der Waals surface area (Å²) in [6, 6.07) is 15.5. The van der Waals surface area contributed by atoms with Crippen LogP contribution in [-0.4, -0.2) is 11.9 Å². The van der Waals surface area contributed by atoms with Crippen LogP contribution in [-0.2, 0) is 16.0 Å². The molecule has 2 aromatic carbocycles. The molecule has 2 aromatic rings. The molecule has 0 spiro atoms. The lowest BCUT2D eigenvalue weighted by Gasteiger charge is -2.03. The van der Waals surface area contributed by atoms with E-state index in [2.05, 4.69) is 0 Å². The second-order valence-corrected chi connectivity index (χ2v) is 4.18. The van der Waals surface area contributed by atoms with Crippen molar-refractivity contribution >= 4 is 24.0 Å². The zero-order chi connectivity index (χ0) is 13.5. The largest absolute Gasteiger partial charge is 0.233 e. The average Bonchev–Trinajstić information content (AvgIpc) is 2.44. The summed E-state index contributed by atoms with van der Waals surface area (Å²) in [4.78, 5) is 20.4. The summed E-state index contributed by atoms with van der Waals surface area (Å²) in [5, 5.41) is 0. The summed E-state index contributed by atoms with van der Waals surface area (Å²) in [6.45, 7) is 0. The van der Waals surface area contributed by atoms with Crippen LogP contribution in [0.25, 0.3) is 12.2 Å². The van der Waals surface area contributed by atoms with Crippen LogP contribution in [0, 0.1) is 0 Å². The van der Waals surface area contributed by atoms with Crippen LogP contribution in [0.2, 0.25) is 0 Å². The Bertz CT molecular complexity index is 579. The molecule has 0 aliphatic carbocycles. The van der Waals surface area contributed by atoms with Gasteiger partial charge in [0.15, 0.2) is 0 Å². The van der Waals surface area contributed by atoms with E-state index >= 15 is 0 Å². The van der Waals surface area contributed by atoms with Crippen molar-refractivity contribution < 1.29 is 9.59 Å². The van der Waals surface area contributed by atoms with Crippen molar-refractivity contribution in [3.8, 4) is 0 Å². The van der Waals surface area contributed by atoms with Crippen LogP contribution >= 0.6 is 0 Å². The van der Waals surface area contributed by atoms with Gasteiger partial charge in [-0.15, -0.1) is 0 Å². The first-order chi connectivity index (χ1) is 9.31. The van der Waals surface area contributed by atoms with E-state index in [0.717, 1.165) is 17.5 Å². The molecule has 0 saturated heterocycles. The Labute approximate surface area is 111 Å².